The van der Waals surface area contributed by atoms with E-state index >= 15 is 0 Å². The minimum Gasteiger partial charge on any atom is -0.378 e. The van der Waals surface area contributed by atoms with Crippen LogP contribution in [-0.2, 0) is 17.7 Å². The summed E-state index contributed by atoms with van der Waals surface area (Å²) in [6.45, 7) is 2.32. The van der Waals surface area contributed by atoms with Gasteiger partial charge < -0.3 is 19.9 Å². The number of aromatic nitrogens is 1. The predicted octanol–water partition coefficient (Wildman–Crippen LogP) is 2.76. The Balaban J connectivity index is 1.49. The molecule has 2 aromatic rings. The van der Waals surface area contributed by atoms with Crippen molar-refractivity contribution < 1.29 is 13.9 Å². The van der Waals surface area contributed by atoms with Crippen LogP contribution in [0.3, 0.4) is 0 Å². The predicted molar refractivity (Wildman–Crippen MR) is 101 cm³/mol. The number of rotatable bonds is 2. The van der Waals surface area contributed by atoms with E-state index in [2.05, 4.69) is 15.2 Å². The molecule has 5 nitrogen and oxygen atoms in total. The van der Waals surface area contributed by atoms with Gasteiger partial charge in [-0.05, 0) is 50.3 Å². The lowest BCUT2D eigenvalue weighted by atomic mass is 9.92. The number of carbonyl (C=O) groups is 1. The zero-order valence-corrected chi connectivity index (χ0v) is 15.5. The van der Waals surface area contributed by atoms with Gasteiger partial charge in [-0.25, -0.2) is 4.39 Å². The lowest BCUT2D eigenvalue weighted by Crippen LogP contribution is -2.58. The van der Waals surface area contributed by atoms with Crippen LogP contribution >= 0.6 is 0 Å². The summed E-state index contributed by atoms with van der Waals surface area (Å²) in [4.78, 5) is 13.3. The number of hydrogen-bond donors (Lipinski definition) is 2. The van der Waals surface area contributed by atoms with E-state index < -0.39 is 0 Å². The lowest BCUT2D eigenvalue weighted by molar-refractivity contribution is 0.0148. The lowest BCUT2D eigenvalue weighted by Gasteiger charge is -2.40. The Kier molecular flexibility index (Phi) is 4.40. The zero-order chi connectivity index (χ0) is 18.4. The van der Waals surface area contributed by atoms with Crippen LogP contribution in [0.25, 0.3) is 10.9 Å². The Hall–Kier alpha value is -1.92. The molecule has 27 heavy (non-hydrogen) atoms. The number of ether oxygens (including phenoxy) is 1. The van der Waals surface area contributed by atoms with Crippen molar-refractivity contribution in [3.63, 3.8) is 0 Å². The molecule has 2 bridgehead atoms. The third-order valence-electron chi connectivity index (χ3n) is 6.24. The van der Waals surface area contributed by atoms with E-state index in [1.54, 1.807) is 0 Å². The van der Waals surface area contributed by atoms with Gasteiger partial charge in [-0.1, -0.05) is 6.42 Å². The van der Waals surface area contributed by atoms with E-state index in [9.17, 15) is 9.18 Å². The van der Waals surface area contributed by atoms with Crippen molar-refractivity contribution in [3.8, 4) is 0 Å². The van der Waals surface area contributed by atoms with Gasteiger partial charge in [0.2, 0.25) is 0 Å². The summed E-state index contributed by atoms with van der Waals surface area (Å²) < 4.78 is 21.8. The van der Waals surface area contributed by atoms with Crippen LogP contribution in [0.5, 0.6) is 0 Å². The summed E-state index contributed by atoms with van der Waals surface area (Å²) >= 11 is 0. The number of benzene rings is 1. The first-order chi connectivity index (χ1) is 13.2. The number of aryl methyl sites for hydroxylation is 1. The highest BCUT2D eigenvalue weighted by atomic mass is 19.1. The molecule has 2 N–H and O–H groups in total. The maximum Gasteiger partial charge on any atom is 0.253 e. The smallest absolute Gasteiger partial charge is 0.253 e. The molecule has 2 fully saturated rings. The molecule has 0 aliphatic carbocycles. The largest absolute Gasteiger partial charge is 0.378 e. The number of amides is 1. The summed E-state index contributed by atoms with van der Waals surface area (Å²) in [5.74, 6) is -0.335. The van der Waals surface area contributed by atoms with Gasteiger partial charge in [0.15, 0.2) is 0 Å². The van der Waals surface area contributed by atoms with Crippen LogP contribution in [0, 0.1) is 5.82 Å². The second-order valence-electron chi connectivity index (χ2n) is 8.19. The van der Waals surface area contributed by atoms with Crippen molar-refractivity contribution in [2.24, 2.45) is 0 Å². The SMILES string of the molecule is O=C(NC1CC2COCC(C1)N2)c1c2n(c3ccc(F)cc13)CCCCC2. The summed E-state index contributed by atoms with van der Waals surface area (Å²) in [6.07, 6.45) is 5.99. The highest BCUT2D eigenvalue weighted by Crippen LogP contribution is 2.31. The Morgan fingerprint density at radius 1 is 1.19 bits per heavy atom. The topological polar surface area (TPSA) is 55.3 Å². The van der Waals surface area contributed by atoms with Crippen molar-refractivity contribution in [1.29, 1.82) is 0 Å². The maximum atomic E-state index is 14.0. The number of carbonyl (C=O) groups excluding carboxylic acids is 1. The number of halogens is 1. The van der Waals surface area contributed by atoms with Crippen molar-refractivity contribution >= 4 is 16.8 Å². The van der Waals surface area contributed by atoms with Crippen LogP contribution in [0.1, 0.15) is 48.2 Å². The molecule has 3 aliphatic heterocycles. The molecule has 0 spiro atoms. The van der Waals surface area contributed by atoms with Crippen LogP contribution in [-0.4, -0.2) is 41.8 Å². The number of nitrogens with one attached hydrogen (secondary N) is 2. The van der Waals surface area contributed by atoms with Crippen molar-refractivity contribution in [2.45, 2.75) is 63.2 Å². The average molecular weight is 371 g/mol. The second kappa shape index (κ2) is 6.91. The summed E-state index contributed by atoms with van der Waals surface area (Å²) in [5.41, 5.74) is 2.74. The molecule has 2 atom stereocenters. The Morgan fingerprint density at radius 2 is 2.00 bits per heavy atom. The molecule has 2 unspecified atom stereocenters. The third kappa shape index (κ3) is 3.15. The third-order valence-corrected chi connectivity index (χ3v) is 6.24. The molecule has 0 saturated carbocycles. The van der Waals surface area contributed by atoms with Crippen LogP contribution in [0.2, 0.25) is 0 Å². The van der Waals surface area contributed by atoms with Gasteiger partial charge in [0, 0.05) is 41.3 Å². The molecule has 1 aromatic heterocycles. The number of piperidine rings is 1. The molecular weight excluding hydrogens is 345 g/mol. The van der Waals surface area contributed by atoms with Crippen molar-refractivity contribution in [1.82, 2.24) is 15.2 Å². The summed E-state index contributed by atoms with van der Waals surface area (Å²) in [6, 6.07) is 5.60. The van der Waals surface area contributed by atoms with E-state index in [-0.39, 0.29) is 17.8 Å². The Morgan fingerprint density at radius 3 is 2.81 bits per heavy atom. The van der Waals surface area contributed by atoms with E-state index in [0.717, 1.165) is 55.2 Å². The first-order valence-electron chi connectivity index (χ1n) is 10.1. The highest BCUT2D eigenvalue weighted by molar-refractivity contribution is 6.08. The highest BCUT2D eigenvalue weighted by Gasteiger charge is 2.33. The second-order valence-corrected chi connectivity index (χ2v) is 8.19. The first kappa shape index (κ1) is 17.2. The van der Waals surface area contributed by atoms with E-state index in [1.165, 1.54) is 18.6 Å². The summed E-state index contributed by atoms with van der Waals surface area (Å²) in [7, 11) is 0. The fraction of sp³-hybridized carbons (Fsp3) is 0.571. The minimum absolute atomic E-state index is 0.0489. The molecular formula is C21H26FN3O2. The van der Waals surface area contributed by atoms with Gasteiger partial charge in [0.05, 0.1) is 18.8 Å². The van der Waals surface area contributed by atoms with Gasteiger partial charge in [-0.2, -0.15) is 0 Å². The quantitative estimate of drug-likeness (QED) is 0.854. The molecule has 4 heterocycles. The number of nitrogens with zero attached hydrogens (tertiary/aromatic N) is 1. The molecule has 144 valence electrons. The van der Waals surface area contributed by atoms with Gasteiger partial charge in [0.25, 0.3) is 5.91 Å². The Bertz CT molecular complexity index is 866. The molecule has 6 heteroatoms. The van der Waals surface area contributed by atoms with Gasteiger partial charge in [0.1, 0.15) is 5.82 Å². The summed E-state index contributed by atoms with van der Waals surface area (Å²) in [5, 5.41) is 7.57. The monoisotopic (exact) mass is 371 g/mol. The van der Waals surface area contributed by atoms with Gasteiger partial charge in [-0.15, -0.1) is 0 Å². The average Bonchev–Trinajstić information content (AvgIpc) is 2.77. The number of hydrogen-bond acceptors (Lipinski definition) is 3. The standard InChI is InChI=1S/C21H26FN3O2/c22-13-5-6-18-17(8-13)20(19-4-2-1-3-7-25(18)19)21(26)24-14-9-15-11-27-12-16(10-14)23-15/h5-6,8,14-16,23H,1-4,7,9-12H2,(H,24,26). The Labute approximate surface area is 158 Å². The minimum atomic E-state index is -0.286. The van der Waals surface area contributed by atoms with Crippen LogP contribution < -0.4 is 10.6 Å². The molecule has 5 rings (SSSR count). The molecule has 3 aliphatic rings. The van der Waals surface area contributed by atoms with E-state index in [1.807, 2.05) is 6.07 Å². The maximum absolute atomic E-state index is 14.0. The van der Waals surface area contributed by atoms with E-state index in [4.69, 9.17) is 4.74 Å². The molecule has 1 amide bonds. The zero-order valence-electron chi connectivity index (χ0n) is 15.5. The van der Waals surface area contributed by atoms with Gasteiger partial charge in [-0.3, -0.25) is 4.79 Å². The van der Waals surface area contributed by atoms with Crippen molar-refractivity contribution in [2.75, 3.05) is 13.2 Å². The van der Waals surface area contributed by atoms with Gasteiger partial charge >= 0.3 is 0 Å². The van der Waals surface area contributed by atoms with Crippen molar-refractivity contribution in [3.05, 3.63) is 35.3 Å². The number of fused-ring (bicyclic) bond motifs is 5. The molecule has 0 radical (unpaired) electrons. The molecule has 1 aromatic carbocycles. The van der Waals surface area contributed by atoms with E-state index in [0.29, 0.717) is 30.9 Å². The fourth-order valence-electron chi connectivity index (χ4n) is 5.10. The number of morpholine rings is 1. The fourth-order valence-corrected chi connectivity index (χ4v) is 5.10. The van der Waals surface area contributed by atoms with Crippen LogP contribution in [0.4, 0.5) is 4.39 Å². The molecule has 2 saturated heterocycles. The first-order valence-corrected chi connectivity index (χ1v) is 10.1. The normalized spacial score (nSPS) is 27.8. The van der Waals surface area contributed by atoms with Crippen LogP contribution in [0.15, 0.2) is 18.2 Å².